The fourth-order valence-electron chi connectivity index (χ4n) is 4.77. The topological polar surface area (TPSA) is 145 Å². The van der Waals surface area contributed by atoms with E-state index in [-0.39, 0.29) is 16.8 Å². The summed E-state index contributed by atoms with van der Waals surface area (Å²) in [6.07, 6.45) is 21.3. The number of unbranched alkanes of at least 4 members (excludes halogenated alkanes) is 12. The molecule has 2 aromatic carbocycles. The first-order chi connectivity index (χ1) is 21.2. The molecule has 0 fully saturated rings. The number of benzene rings is 2. The van der Waals surface area contributed by atoms with Gasteiger partial charge < -0.3 is 10.1 Å². The monoisotopic (exact) mass is 629 g/mol. The van der Waals surface area contributed by atoms with Gasteiger partial charge in [0.05, 0.1) is 23.3 Å². The molecule has 0 aliphatic heterocycles. The van der Waals surface area contributed by atoms with Crippen molar-refractivity contribution >= 4 is 33.3 Å². The maximum absolute atomic E-state index is 13.0. The highest BCUT2D eigenvalue weighted by Crippen LogP contribution is 2.28. The van der Waals surface area contributed by atoms with E-state index in [1.807, 2.05) is 0 Å². The molecule has 0 radical (unpaired) electrons. The first kappa shape index (κ1) is 36.5. The first-order valence-electron chi connectivity index (χ1n) is 15.6. The minimum atomic E-state index is -4.48. The minimum absolute atomic E-state index is 0.127. The van der Waals surface area contributed by atoms with Crippen molar-refractivity contribution in [1.29, 1.82) is 0 Å². The van der Waals surface area contributed by atoms with Crippen LogP contribution in [0.5, 0.6) is 0 Å². The van der Waals surface area contributed by atoms with Crippen molar-refractivity contribution in [3.8, 4) is 0 Å². The van der Waals surface area contributed by atoms with Crippen LogP contribution >= 0.6 is 0 Å². The highest BCUT2D eigenvalue weighted by atomic mass is 32.2. The summed E-state index contributed by atoms with van der Waals surface area (Å²) in [6, 6.07) is 8.74. The van der Waals surface area contributed by atoms with Crippen molar-refractivity contribution in [2.75, 3.05) is 18.4 Å². The molecule has 2 N–H and O–H groups in total. The maximum Gasteiger partial charge on any atom is 0.339 e. The number of para-hydroxylation sites is 1. The van der Waals surface area contributed by atoms with Gasteiger partial charge >= 0.3 is 5.97 Å². The number of ether oxygens (including phenoxy) is 1. The van der Waals surface area contributed by atoms with Crippen LogP contribution in [0.2, 0.25) is 0 Å². The number of nitro groups is 1. The number of allylic oxidation sites excluding steroid dienone is 2. The minimum Gasteiger partial charge on any atom is -0.465 e. The molecule has 0 aliphatic rings. The third-order valence-corrected chi connectivity index (χ3v) is 8.67. The molecule has 11 heteroatoms. The molecule has 10 nitrogen and oxygen atoms in total. The number of hydrogen-bond acceptors (Lipinski definition) is 7. The van der Waals surface area contributed by atoms with E-state index in [0.717, 1.165) is 51.3 Å². The molecule has 0 atom stereocenters. The van der Waals surface area contributed by atoms with Gasteiger partial charge in [-0.1, -0.05) is 89.0 Å². The number of anilines is 1. The SMILES string of the molecule is CCCCCCCC/C=C\CCCCCCCCNC(=O)c1ccc(C(=O)OC)c(NS(=O)(=O)c2ccccc2[N+](=O)[O-])c1. The van der Waals surface area contributed by atoms with Crippen molar-refractivity contribution in [2.45, 2.75) is 102 Å². The fraction of sp³-hybridized carbons (Fsp3) is 0.515. The van der Waals surface area contributed by atoms with Crippen molar-refractivity contribution < 1.29 is 27.7 Å². The quantitative estimate of drug-likeness (QED) is 0.0442. The summed E-state index contributed by atoms with van der Waals surface area (Å²) >= 11 is 0. The van der Waals surface area contributed by atoms with Crippen LogP contribution in [0, 0.1) is 10.1 Å². The maximum atomic E-state index is 13.0. The average molecular weight is 630 g/mol. The van der Waals surface area contributed by atoms with Gasteiger partial charge in [0.25, 0.3) is 21.6 Å². The van der Waals surface area contributed by atoms with Gasteiger partial charge in [0.15, 0.2) is 4.90 Å². The van der Waals surface area contributed by atoms with E-state index in [1.165, 1.54) is 88.1 Å². The molecule has 0 saturated heterocycles. The fourth-order valence-corrected chi connectivity index (χ4v) is 6.01. The van der Waals surface area contributed by atoms with E-state index in [2.05, 4.69) is 29.1 Å². The number of amides is 1. The Balaban J connectivity index is 1.78. The molecule has 1 amide bonds. The van der Waals surface area contributed by atoms with Gasteiger partial charge in [-0.15, -0.1) is 0 Å². The van der Waals surface area contributed by atoms with E-state index >= 15 is 0 Å². The van der Waals surface area contributed by atoms with Gasteiger partial charge in [-0.2, -0.15) is 0 Å². The second kappa shape index (κ2) is 20.3. The highest BCUT2D eigenvalue weighted by molar-refractivity contribution is 7.92. The third kappa shape index (κ3) is 12.9. The van der Waals surface area contributed by atoms with Gasteiger partial charge in [0.2, 0.25) is 0 Å². The number of nitrogens with one attached hydrogen (secondary N) is 2. The molecular formula is C33H47N3O7S. The third-order valence-electron chi connectivity index (χ3n) is 7.26. The molecule has 0 aromatic heterocycles. The molecule has 242 valence electrons. The molecule has 44 heavy (non-hydrogen) atoms. The molecule has 0 heterocycles. The Morgan fingerprint density at radius 3 is 2.07 bits per heavy atom. The van der Waals surface area contributed by atoms with Crippen LogP contribution in [0.25, 0.3) is 0 Å². The Morgan fingerprint density at radius 1 is 0.864 bits per heavy atom. The Kier molecular flexibility index (Phi) is 16.8. The van der Waals surface area contributed by atoms with E-state index < -0.39 is 37.4 Å². The molecule has 0 spiro atoms. The van der Waals surface area contributed by atoms with Crippen LogP contribution in [-0.2, 0) is 14.8 Å². The summed E-state index contributed by atoms with van der Waals surface area (Å²) in [6.45, 7) is 2.69. The number of carbonyl (C=O) groups is 2. The van der Waals surface area contributed by atoms with Crippen LogP contribution in [0.1, 0.15) is 118 Å². The van der Waals surface area contributed by atoms with Crippen molar-refractivity contribution in [3.05, 3.63) is 75.9 Å². The van der Waals surface area contributed by atoms with Gasteiger partial charge in [-0.25, -0.2) is 13.2 Å². The zero-order valence-electron chi connectivity index (χ0n) is 26.0. The highest BCUT2D eigenvalue weighted by Gasteiger charge is 2.27. The lowest BCUT2D eigenvalue weighted by molar-refractivity contribution is -0.387. The number of hydrogen-bond donors (Lipinski definition) is 2. The molecular weight excluding hydrogens is 582 g/mol. The number of nitro benzene ring substituents is 1. The lowest BCUT2D eigenvalue weighted by atomic mass is 10.1. The summed E-state index contributed by atoms with van der Waals surface area (Å²) in [7, 11) is -3.34. The van der Waals surface area contributed by atoms with Crippen LogP contribution in [0.4, 0.5) is 11.4 Å². The molecule has 0 aliphatic carbocycles. The van der Waals surface area contributed by atoms with E-state index in [0.29, 0.717) is 6.54 Å². The van der Waals surface area contributed by atoms with Crippen LogP contribution < -0.4 is 10.0 Å². The van der Waals surface area contributed by atoms with Crippen molar-refractivity contribution in [3.63, 3.8) is 0 Å². The van der Waals surface area contributed by atoms with E-state index in [9.17, 15) is 28.1 Å². The molecule has 0 saturated carbocycles. The second-order valence-corrected chi connectivity index (χ2v) is 12.4. The lowest BCUT2D eigenvalue weighted by Crippen LogP contribution is -2.25. The number of rotatable bonds is 22. The number of methoxy groups -OCH3 is 1. The van der Waals surface area contributed by atoms with Gasteiger partial charge in [-0.3, -0.25) is 19.6 Å². The average Bonchev–Trinajstić information content (AvgIpc) is 3.01. The Bertz CT molecular complexity index is 1340. The number of sulfonamides is 1. The predicted molar refractivity (Wildman–Crippen MR) is 173 cm³/mol. The standard InChI is InChI=1S/C33H47N3O7S/c1-3-4-5-6-7-8-9-10-11-12-13-14-15-16-17-20-25-34-32(37)27-23-24-28(33(38)43-2)29(26-27)35-44(41,42)31-22-19-18-21-30(31)36(39)40/h10-11,18-19,21-24,26,35H,3-9,12-17,20,25H2,1-2H3,(H,34,37)/b11-10-. The Labute approximate surface area is 261 Å². The molecule has 2 rings (SSSR count). The van der Waals surface area contributed by atoms with Crippen LogP contribution in [-0.4, -0.2) is 38.9 Å². The smallest absolute Gasteiger partial charge is 0.339 e. The zero-order valence-corrected chi connectivity index (χ0v) is 26.8. The van der Waals surface area contributed by atoms with Crippen molar-refractivity contribution in [2.24, 2.45) is 0 Å². The number of nitrogens with zero attached hydrogens (tertiary/aromatic N) is 1. The number of carbonyl (C=O) groups excluding carboxylic acids is 2. The Hall–Kier alpha value is -3.73. The summed E-state index contributed by atoms with van der Waals surface area (Å²) in [5, 5.41) is 14.2. The van der Waals surface area contributed by atoms with E-state index in [4.69, 9.17) is 4.74 Å². The Morgan fingerprint density at radius 2 is 1.45 bits per heavy atom. The number of esters is 1. The van der Waals surface area contributed by atoms with Crippen LogP contribution in [0.15, 0.2) is 59.5 Å². The summed E-state index contributed by atoms with van der Waals surface area (Å²) in [4.78, 5) is 35.1. The summed E-state index contributed by atoms with van der Waals surface area (Å²) in [5.41, 5.74) is -0.856. The predicted octanol–water partition coefficient (Wildman–Crippen LogP) is 7.95. The van der Waals surface area contributed by atoms with E-state index in [1.54, 1.807) is 0 Å². The first-order valence-corrected chi connectivity index (χ1v) is 17.1. The normalized spacial score (nSPS) is 11.4. The second-order valence-electron chi connectivity index (χ2n) is 10.8. The van der Waals surface area contributed by atoms with Crippen molar-refractivity contribution in [1.82, 2.24) is 5.32 Å². The lowest BCUT2D eigenvalue weighted by Gasteiger charge is -2.13. The van der Waals surface area contributed by atoms with Gasteiger partial charge in [0.1, 0.15) is 0 Å². The van der Waals surface area contributed by atoms with Gasteiger partial charge in [-0.05, 0) is 56.4 Å². The van der Waals surface area contributed by atoms with Gasteiger partial charge in [0, 0.05) is 18.2 Å². The molecule has 0 bridgehead atoms. The molecule has 0 unspecified atom stereocenters. The zero-order chi connectivity index (χ0) is 32.2. The summed E-state index contributed by atoms with van der Waals surface area (Å²) < 4.78 is 33.0. The van der Waals surface area contributed by atoms with Crippen LogP contribution in [0.3, 0.4) is 0 Å². The summed E-state index contributed by atoms with van der Waals surface area (Å²) in [5.74, 6) is -1.26. The molecule has 2 aromatic rings. The largest absolute Gasteiger partial charge is 0.465 e.